The maximum atomic E-state index is 4.81. The minimum atomic E-state index is 0.500. The second kappa shape index (κ2) is 6.59. The van der Waals surface area contributed by atoms with Gasteiger partial charge in [-0.1, -0.05) is 40.2 Å². The second-order valence-electron chi connectivity index (χ2n) is 6.37. The van der Waals surface area contributed by atoms with Crippen molar-refractivity contribution in [3.05, 3.63) is 88.6 Å². The van der Waals surface area contributed by atoms with Gasteiger partial charge in [0.2, 0.25) is 0 Å². The van der Waals surface area contributed by atoms with Gasteiger partial charge in [-0.25, -0.2) is 4.98 Å². The molecule has 5 aromatic rings. The summed E-state index contributed by atoms with van der Waals surface area (Å²) in [6, 6.07) is 22.3. The zero-order chi connectivity index (χ0) is 18.2. The van der Waals surface area contributed by atoms with E-state index >= 15 is 0 Å². The lowest BCUT2D eigenvalue weighted by Gasteiger charge is -1.93. The number of rotatable bonds is 2. The summed E-state index contributed by atoms with van der Waals surface area (Å²) < 4.78 is 1.05. The van der Waals surface area contributed by atoms with Gasteiger partial charge in [-0.3, -0.25) is 9.98 Å². The Morgan fingerprint density at radius 3 is 2.67 bits per heavy atom. The molecule has 0 aliphatic heterocycles. The number of aromatic nitrogens is 3. The summed E-state index contributed by atoms with van der Waals surface area (Å²) in [6.45, 7) is 0.500. The number of pyridine rings is 1. The van der Waals surface area contributed by atoms with Gasteiger partial charge >= 0.3 is 0 Å². The van der Waals surface area contributed by atoms with E-state index in [1.54, 1.807) is 6.20 Å². The maximum absolute atomic E-state index is 4.81. The third-order valence-electron chi connectivity index (χ3n) is 4.61. The first-order valence-corrected chi connectivity index (χ1v) is 9.49. The summed E-state index contributed by atoms with van der Waals surface area (Å²) in [5.74, 6) is 0. The standard InChI is InChI=1S/C22H15BrN4/c23-14-8-9-20-17(11-14)18-12-21(25-13-15-5-3-4-10-24-15)26-19-7-2-1-6-16(19)22(18)27-20/h1-12,27H,13H2. The number of nitrogens with one attached hydrogen (secondary N) is 1. The van der Waals surface area contributed by atoms with Crippen LogP contribution in [0.3, 0.4) is 0 Å². The minimum absolute atomic E-state index is 0.500. The Morgan fingerprint density at radius 2 is 1.78 bits per heavy atom. The molecule has 0 fully saturated rings. The zero-order valence-electron chi connectivity index (χ0n) is 14.4. The van der Waals surface area contributed by atoms with Gasteiger partial charge in [-0.05, 0) is 42.5 Å². The Balaban J connectivity index is 1.85. The molecule has 0 aliphatic carbocycles. The van der Waals surface area contributed by atoms with Gasteiger partial charge in [0.05, 0.1) is 23.3 Å². The van der Waals surface area contributed by atoms with Crippen LogP contribution in [0.2, 0.25) is 0 Å². The molecule has 130 valence electrons. The molecule has 5 rings (SSSR count). The summed E-state index contributed by atoms with van der Waals surface area (Å²) in [6.07, 6.45) is 1.79. The largest absolute Gasteiger partial charge is 0.354 e. The molecule has 1 N–H and O–H groups in total. The summed E-state index contributed by atoms with van der Waals surface area (Å²) in [7, 11) is 0. The van der Waals surface area contributed by atoms with Crippen molar-refractivity contribution in [1.29, 1.82) is 0 Å². The van der Waals surface area contributed by atoms with Crippen molar-refractivity contribution in [2.45, 2.75) is 6.54 Å². The molecule has 0 spiro atoms. The average molecular weight is 415 g/mol. The maximum Gasteiger partial charge on any atom is 0.149 e. The van der Waals surface area contributed by atoms with Gasteiger partial charge in [0.1, 0.15) is 5.49 Å². The van der Waals surface area contributed by atoms with Crippen LogP contribution in [-0.4, -0.2) is 15.0 Å². The first-order chi connectivity index (χ1) is 13.3. The number of para-hydroxylation sites is 1. The van der Waals surface area contributed by atoms with Crippen LogP contribution >= 0.6 is 15.9 Å². The van der Waals surface area contributed by atoms with Crippen molar-refractivity contribution in [3.63, 3.8) is 0 Å². The normalized spacial score (nSPS) is 12.3. The Hall–Kier alpha value is -3.05. The predicted octanol–water partition coefficient (Wildman–Crippen LogP) is 5.13. The second-order valence-corrected chi connectivity index (χ2v) is 7.29. The van der Waals surface area contributed by atoms with Crippen molar-refractivity contribution in [2.24, 2.45) is 4.99 Å². The van der Waals surface area contributed by atoms with Crippen LogP contribution in [0.1, 0.15) is 5.69 Å². The lowest BCUT2D eigenvalue weighted by molar-refractivity contribution is 0.931. The molecule has 0 saturated carbocycles. The molecular formula is C22H15BrN4. The van der Waals surface area contributed by atoms with Crippen LogP contribution in [0.25, 0.3) is 32.7 Å². The molecule has 0 atom stereocenters. The molecule has 27 heavy (non-hydrogen) atoms. The van der Waals surface area contributed by atoms with Crippen molar-refractivity contribution in [2.75, 3.05) is 0 Å². The Bertz CT molecular complexity index is 1360. The van der Waals surface area contributed by atoms with Crippen LogP contribution in [0.15, 0.2) is 82.4 Å². The highest BCUT2D eigenvalue weighted by atomic mass is 79.9. The molecular weight excluding hydrogens is 400 g/mol. The SMILES string of the molecule is Brc1ccc2[nH]c3c4ccccc4nc(=NCc4ccccn4)cc3c2c1. The molecule has 4 nitrogen and oxygen atoms in total. The summed E-state index contributed by atoms with van der Waals surface area (Å²) >= 11 is 3.58. The molecule has 5 heteroatoms. The summed E-state index contributed by atoms with van der Waals surface area (Å²) in [4.78, 5) is 17.4. The molecule has 3 aromatic heterocycles. The van der Waals surface area contributed by atoms with Gasteiger partial charge in [0, 0.05) is 32.3 Å². The quantitative estimate of drug-likeness (QED) is 0.435. The minimum Gasteiger partial charge on any atom is -0.354 e. The monoisotopic (exact) mass is 414 g/mol. The van der Waals surface area contributed by atoms with Crippen LogP contribution in [0.4, 0.5) is 0 Å². The fraction of sp³-hybridized carbons (Fsp3) is 0.0455. The van der Waals surface area contributed by atoms with Gasteiger partial charge in [-0.2, -0.15) is 0 Å². The van der Waals surface area contributed by atoms with E-state index in [4.69, 9.17) is 9.98 Å². The first-order valence-electron chi connectivity index (χ1n) is 8.69. The van der Waals surface area contributed by atoms with Crippen LogP contribution in [-0.2, 0) is 6.54 Å². The molecule has 0 saturated heterocycles. The van der Waals surface area contributed by atoms with Crippen molar-refractivity contribution in [3.8, 4) is 0 Å². The van der Waals surface area contributed by atoms with Gasteiger partial charge in [-0.15, -0.1) is 0 Å². The Morgan fingerprint density at radius 1 is 0.889 bits per heavy atom. The van der Waals surface area contributed by atoms with Crippen LogP contribution in [0, 0.1) is 0 Å². The summed E-state index contributed by atoms with van der Waals surface area (Å²) in [5.41, 5.74) is 4.71. The highest BCUT2D eigenvalue weighted by Crippen LogP contribution is 2.30. The number of benzene rings is 2. The van der Waals surface area contributed by atoms with E-state index in [0.717, 1.165) is 42.9 Å². The first kappa shape index (κ1) is 16.1. The number of nitrogens with zero attached hydrogens (tertiary/aromatic N) is 3. The number of hydrogen-bond acceptors (Lipinski definition) is 3. The number of fused-ring (bicyclic) bond motifs is 5. The number of H-pyrrole nitrogens is 1. The highest BCUT2D eigenvalue weighted by Gasteiger charge is 2.08. The van der Waals surface area contributed by atoms with Crippen LogP contribution in [0.5, 0.6) is 0 Å². The molecule has 0 bridgehead atoms. The Labute approximate surface area is 163 Å². The fourth-order valence-corrected chi connectivity index (χ4v) is 3.71. The van der Waals surface area contributed by atoms with E-state index in [2.05, 4.69) is 50.2 Å². The smallest absolute Gasteiger partial charge is 0.149 e. The predicted molar refractivity (Wildman–Crippen MR) is 112 cm³/mol. The zero-order valence-corrected chi connectivity index (χ0v) is 15.9. The fourth-order valence-electron chi connectivity index (χ4n) is 3.35. The lowest BCUT2D eigenvalue weighted by Crippen LogP contribution is -2.04. The van der Waals surface area contributed by atoms with Crippen molar-refractivity contribution >= 4 is 48.6 Å². The molecule has 2 aromatic carbocycles. The topological polar surface area (TPSA) is 53.9 Å². The van der Waals surface area contributed by atoms with Crippen molar-refractivity contribution < 1.29 is 0 Å². The third-order valence-corrected chi connectivity index (χ3v) is 5.11. The number of hydrogen-bond donors (Lipinski definition) is 1. The molecule has 0 aliphatic rings. The van der Waals surface area contributed by atoms with E-state index < -0.39 is 0 Å². The van der Waals surface area contributed by atoms with Gasteiger partial charge < -0.3 is 4.98 Å². The number of aromatic amines is 1. The molecule has 0 amide bonds. The average Bonchev–Trinajstić information content (AvgIpc) is 2.96. The van der Waals surface area contributed by atoms with E-state index in [9.17, 15) is 0 Å². The van der Waals surface area contributed by atoms with Gasteiger partial charge in [0.15, 0.2) is 0 Å². The van der Waals surface area contributed by atoms with E-state index in [-0.39, 0.29) is 0 Å². The number of halogens is 1. The van der Waals surface area contributed by atoms with Crippen LogP contribution < -0.4 is 5.49 Å². The summed E-state index contributed by atoms with van der Waals surface area (Å²) in [5, 5.41) is 3.34. The Kier molecular flexibility index (Phi) is 3.94. The van der Waals surface area contributed by atoms with E-state index in [0.29, 0.717) is 12.0 Å². The molecule has 3 heterocycles. The van der Waals surface area contributed by atoms with Crippen molar-refractivity contribution in [1.82, 2.24) is 15.0 Å². The third kappa shape index (κ3) is 3.00. The van der Waals surface area contributed by atoms with Gasteiger partial charge in [0.25, 0.3) is 0 Å². The molecule has 0 radical (unpaired) electrons. The van der Waals surface area contributed by atoms with E-state index in [1.807, 2.05) is 42.5 Å². The van der Waals surface area contributed by atoms with E-state index in [1.165, 1.54) is 0 Å². The molecule has 0 unspecified atom stereocenters. The highest BCUT2D eigenvalue weighted by molar-refractivity contribution is 9.10. The lowest BCUT2D eigenvalue weighted by atomic mass is 10.1.